The van der Waals surface area contributed by atoms with Gasteiger partial charge in [0.25, 0.3) is 0 Å². The first kappa shape index (κ1) is 15.5. The van der Waals surface area contributed by atoms with Crippen LogP contribution in [0.5, 0.6) is 0 Å². The van der Waals surface area contributed by atoms with Crippen LogP contribution < -0.4 is 0 Å². The second-order valence-electron chi connectivity index (χ2n) is 4.64. The number of benzene rings is 1. The smallest absolute Gasteiger partial charge is 0.208 e. The van der Waals surface area contributed by atoms with E-state index in [1.807, 2.05) is 0 Å². The van der Waals surface area contributed by atoms with Crippen molar-refractivity contribution in [2.24, 2.45) is 0 Å². The van der Waals surface area contributed by atoms with Crippen molar-refractivity contribution in [1.82, 2.24) is 9.88 Å². The van der Waals surface area contributed by atoms with E-state index < -0.39 is 9.84 Å². The number of sulfone groups is 1. The van der Waals surface area contributed by atoms with E-state index in [4.69, 9.17) is 11.6 Å². The fourth-order valence-corrected chi connectivity index (χ4v) is 3.44. The lowest BCUT2D eigenvalue weighted by atomic mass is 10.3. The number of rotatable bonds is 4. The molecule has 0 atom stereocenters. The molecular formula is C15H15ClN2O2S. The molecule has 0 radical (unpaired) electrons. The summed E-state index contributed by atoms with van der Waals surface area (Å²) in [5.74, 6) is 0. The maximum absolute atomic E-state index is 12.8. The van der Waals surface area contributed by atoms with Gasteiger partial charge in [-0.05, 0) is 24.3 Å². The van der Waals surface area contributed by atoms with Crippen molar-refractivity contribution in [2.45, 2.75) is 4.90 Å². The van der Waals surface area contributed by atoms with Crippen LogP contribution in [0, 0.1) is 0 Å². The summed E-state index contributed by atoms with van der Waals surface area (Å²) in [7, 11) is -0.0902. The van der Waals surface area contributed by atoms with Gasteiger partial charge in [-0.3, -0.25) is 0 Å². The average molecular weight is 323 g/mol. The molecule has 2 rings (SSSR count). The minimum absolute atomic E-state index is 0.183. The van der Waals surface area contributed by atoms with Crippen LogP contribution in [-0.2, 0) is 9.84 Å². The van der Waals surface area contributed by atoms with Gasteiger partial charge in [-0.25, -0.2) is 13.4 Å². The van der Waals surface area contributed by atoms with Crippen LogP contribution >= 0.6 is 11.6 Å². The van der Waals surface area contributed by atoms with Crippen LogP contribution in [0.2, 0.25) is 5.15 Å². The molecule has 1 aromatic carbocycles. The molecule has 0 saturated heterocycles. The van der Waals surface area contributed by atoms with Crippen LogP contribution in [-0.4, -0.2) is 32.4 Å². The molecule has 21 heavy (non-hydrogen) atoms. The van der Waals surface area contributed by atoms with Gasteiger partial charge >= 0.3 is 0 Å². The van der Waals surface area contributed by atoms with Crippen LogP contribution in [0.15, 0.2) is 59.8 Å². The Balaban J connectivity index is 2.59. The van der Waals surface area contributed by atoms with E-state index in [0.29, 0.717) is 10.7 Å². The molecular weight excluding hydrogens is 308 g/mol. The first-order chi connectivity index (χ1) is 9.91. The number of nitrogens with zero attached hydrogens (tertiary/aromatic N) is 2. The Bertz CT molecular complexity index is 739. The molecule has 0 amide bonds. The average Bonchev–Trinajstić information content (AvgIpc) is 2.46. The summed E-state index contributed by atoms with van der Waals surface area (Å²) < 4.78 is 25.6. The highest BCUT2D eigenvalue weighted by molar-refractivity contribution is 8.00. The van der Waals surface area contributed by atoms with Gasteiger partial charge in [0, 0.05) is 32.1 Å². The standard InChI is InChI=1S/C15H15ClN2O2S/c1-18(2)11-14(12-8-9-15(16)17-10-12)21(19,20)13-6-4-3-5-7-13/h3-11H,1-2H3/b14-11-. The minimum atomic E-state index is -3.63. The van der Waals surface area contributed by atoms with E-state index in [-0.39, 0.29) is 9.80 Å². The third-order valence-corrected chi connectivity index (χ3v) is 4.77. The fraction of sp³-hybridized carbons (Fsp3) is 0.133. The Hall–Kier alpha value is -1.85. The largest absolute Gasteiger partial charge is 0.382 e. The topological polar surface area (TPSA) is 50.3 Å². The van der Waals surface area contributed by atoms with Crippen molar-refractivity contribution in [1.29, 1.82) is 0 Å². The first-order valence-corrected chi connectivity index (χ1v) is 8.07. The van der Waals surface area contributed by atoms with Crippen molar-refractivity contribution in [2.75, 3.05) is 14.1 Å². The normalized spacial score (nSPS) is 12.2. The van der Waals surface area contributed by atoms with Gasteiger partial charge in [-0.1, -0.05) is 29.8 Å². The molecule has 4 nitrogen and oxygen atoms in total. The van der Waals surface area contributed by atoms with E-state index in [1.165, 1.54) is 6.20 Å². The van der Waals surface area contributed by atoms with Gasteiger partial charge < -0.3 is 4.90 Å². The van der Waals surface area contributed by atoms with Gasteiger partial charge in [0.05, 0.1) is 9.80 Å². The lowest BCUT2D eigenvalue weighted by Crippen LogP contribution is -2.10. The molecule has 0 fully saturated rings. The Morgan fingerprint density at radius 2 is 1.81 bits per heavy atom. The molecule has 0 aliphatic heterocycles. The van der Waals surface area contributed by atoms with Gasteiger partial charge in [-0.2, -0.15) is 0 Å². The quantitative estimate of drug-likeness (QED) is 0.812. The molecule has 0 aliphatic rings. The summed E-state index contributed by atoms with van der Waals surface area (Å²) >= 11 is 5.76. The monoisotopic (exact) mass is 322 g/mol. The summed E-state index contributed by atoms with van der Waals surface area (Å²) in [4.78, 5) is 6.07. The molecule has 0 spiro atoms. The number of aromatic nitrogens is 1. The summed E-state index contributed by atoms with van der Waals surface area (Å²) in [5, 5.41) is 0.320. The maximum atomic E-state index is 12.8. The van der Waals surface area contributed by atoms with E-state index in [9.17, 15) is 8.42 Å². The van der Waals surface area contributed by atoms with E-state index in [1.54, 1.807) is 67.7 Å². The van der Waals surface area contributed by atoms with Gasteiger partial charge in [-0.15, -0.1) is 0 Å². The summed E-state index contributed by atoms with van der Waals surface area (Å²) in [5.41, 5.74) is 0.497. The Morgan fingerprint density at radius 3 is 2.33 bits per heavy atom. The molecule has 0 N–H and O–H groups in total. The van der Waals surface area contributed by atoms with Crippen molar-refractivity contribution in [3.63, 3.8) is 0 Å². The van der Waals surface area contributed by atoms with Crippen molar-refractivity contribution >= 4 is 26.3 Å². The maximum Gasteiger partial charge on any atom is 0.208 e. The second-order valence-corrected chi connectivity index (χ2v) is 6.95. The lowest BCUT2D eigenvalue weighted by molar-refractivity contribution is 0.564. The number of hydrogen-bond donors (Lipinski definition) is 0. The third kappa shape index (κ3) is 3.62. The zero-order valence-corrected chi connectivity index (χ0v) is 13.3. The molecule has 0 unspecified atom stereocenters. The number of pyridine rings is 1. The number of halogens is 1. The second kappa shape index (κ2) is 6.28. The SMILES string of the molecule is CN(C)/C=C(/c1ccc(Cl)nc1)S(=O)(=O)c1ccccc1. The Morgan fingerprint density at radius 1 is 1.14 bits per heavy atom. The van der Waals surface area contributed by atoms with Crippen LogP contribution in [0.3, 0.4) is 0 Å². The Kier molecular flexibility index (Phi) is 4.65. The Labute approximate surface area is 129 Å². The fourth-order valence-electron chi connectivity index (χ4n) is 1.78. The first-order valence-electron chi connectivity index (χ1n) is 6.21. The zero-order chi connectivity index (χ0) is 15.5. The molecule has 0 bridgehead atoms. The van der Waals surface area contributed by atoms with Crippen LogP contribution in [0.1, 0.15) is 5.56 Å². The highest BCUT2D eigenvalue weighted by Gasteiger charge is 2.22. The van der Waals surface area contributed by atoms with Gasteiger partial charge in [0.1, 0.15) is 5.15 Å². The van der Waals surface area contributed by atoms with Gasteiger partial charge in [0.15, 0.2) is 0 Å². The van der Waals surface area contributed by atoms with E-state index >= 15 is 0 Å². The molecule has 2 aromatic rings. The lowest BCUT2D eigenvalue weighted by Gasteiger charge is -2.13. The molecule has 6 heteroatoms. The summed E-state index contributed by atoms with van der Waals surface area (Å²) in [6.07, 6.45) is 3.02. The predicted octanol–water partition coefficient (Wildman–Crippen LogP) is 3.07. The minimum Gasteiger partial charge on any atom is -0.382 e. The molecule has 0 aliphatic carbocycles. The van der Waals surface area contributed by atoms with Gasteiger partial charge in [0.2, 0.25) is 9.84 Å². The van der Waals surface area contributed by atoms with E-state index in [2.05, 4.69) is 4.98 Å². The van der Waals surface area contributed by atoms with Crippen LogP contribution in [0.4, 0.5) is 0 Å². The third-order valence-electron chi connectivity index (χ3n) is 2.73. The molecule has 0 saturated carbocycles. The molecule has 1 aromatic heterocycles. The predicted molar refractivity (Wildman–Crippen MR) is 84.5 cm³/mol. The highest BCUT2D eigenvalue weighted by Crippen LogP contribution is 2.28. The van der Waals surface area contributed by atoms with Crippen LogP contribution in [0.25, 0.3) is 4.91 Å². The molecule has 110 valence electrons. The highest BCUT2D eigenvalue weighted by atomic mass is 35.5. The summed E-state index contributed by atoms with van der Waals surface area (Å²) in [6, 6.07) is 11.5. The zero-order valence-electron chi connectivity index (χ0n) is 11.7. The van der Waals surface area contributed by atoms with Crippen molar-refractivity contribution in [3.05, 3.63) is 65.6 Å². The van der Waals surface area contributed by atoms with Crippen molar-refractivity contribution in [3.8, 4) is 0 Å². The number of hydrogen-bond acceptors (Lipinski definition) is 4. The molecule has 1 heterocycles. The van der Waals surface area contributed by atoms with E-state index in [0.717, 1.165) is 0 Å². The summed E-state index contributed by atoms with van der Waals surface area (Å²) in [6.45, 7) is 0. The van der Waals surface area contributed by atoms with Crippen molar-refractivity contribution < 1.29 is 8.42 Å².